The van der Waals surface area contributed by atoms with Gasteiger partial charge in [-0.3, -0.25) is 4.90 Å². The Bertz CT molecular complexity index is 425. The van der Waals surface area contributed by atoms with Crippen molar-refractivity contribution in [3.8, 4) is 0 Å². The first-order valence-electron chi connectivity index (χ1n) is 7.24. The SMILES string of the molecule is CC1(C)CCCN1C1CCNCc2ccccc21. The maximum absolute atomic E-state index is 3.56. The minimum Gasteiger partial charge on any atom is -0.313 e. The molecule has 3 rings (SSSR count). The molecule has 0 aliphatic carbocycles. The summed E-state index contributed by atoms with van der Waals surface area (Å²) in [5, 5.41) is 3.56. The molecule has 2 aliphatic rings. The third-order valence-corrected chi connectivity index (χ3v) is 4.67. The summed E-state index contributed by atoms with van der Waals surface area (Å²) in [4.78, 5) is 2.73. The molecule has 0 bridgehead atoms. The highest BCUT2D eigenvalue weighted by Crippen LogP contribution is 2.39. The topological polar surface area (TPSA) is 15.3 Å². The summed E-state index contributed by atoms with van der Waals surface area (Å²) >= 11 is 0. The molecule has 18 heavy (non-hydrogen) atoms. The van der Waals surface area contributed by atoms with Crippen molar-refractivity contribution in [2.24, 2.45) is 0 Å². The minimum absolute atomic E-state index is 0.363. The number of hydrogen-bond acceptors (Lipinski definition) is 2. The molecule has 2 heterocycles. The Labute approximate surface area is 110 Å². The standard InChI is InChI=1S/C16H24N2/c1-16(2)9-5-11-18(16)15-8-10-17-12-13-6-3-4-7-14(13)15/h3-4,6-7,15,17H,5,8-12H2,1-2H3. The lowest BCUT2D eigenvalue weighted by Gasteiger charge is -2.39. The zero-order valence-corrected chi connectivity index (χ0v) is 11.6. The van der Waals surface area contributed by atoms with Gasteiger partial charge in [0, 0.05) is 18.1 Å². The Morgan fingerprint density at radius 3 is 2.89 bits per heavy atom. The predicted octanol–water partition coefficient (Wildman–Crippen LogP) is 3.10. The zero-order chi connectivity index (χ0) is 12.6. The van der Waals surface area contributed by atoms with E-state index in [1.165, 1.54) is 31.4 Å². The average molecular weight is 244 g/mol. The maximum Gasteiger partial charge on any atom is 0.0368 e. The highest BCUT2D eigenvalue weighted by molar-refractivity contribution is 5.31. The average Bonchev–Trinajstić information content (AvgIpc) is 2.60. The molecule has 1 aromatic rings. The van der Waals surface area contributed by atoms with Crippen molar-refractivity contribution in [1.82, 2.24) is 10.2 Å². The van der Waals surface area contributed by atoms with E-state index in [0.717, 1.165) is 13.1 Å². The molecule has 98 valence electrons. The molecule has 2 heteroatoms. The normalized spacial score (nSPS) is 27.8. The molecule has 2 aliphatic heterocycles. The molecule has 2 nitrogen and oxygen atoms in total. The first kappa shape index (κ1) is 12.2. The molecular weight excluding hydrogens is 220 g/mol. The van der Waals surface area contributed by atoms with Gasteiger partial charge in [-0.05, 0) is 57.3 Å². The van der Waals surface area contributed by atoms with Gasteiger partial charge >= 0.3 is 0 Å². The number of rotatable bonds is 1. The van der Waals surface area contributed by atoms with Crippen LogP contribution in [0, 0.1) is 0 Å². The first-order valence-corrected chi connectivity index (χ1v) is 7.24. The van der Waals surface area contributed by atoms with Crippen LogP contribution < -0.4 is 5.32 Å². The number of fused-ring (bicyclic) bond motifs is 1. The van der Waals surface area contributed by atoms with Gasteiger partial charge in [0.25, 0.3) is 0 Å². The molecule has 1 saturated heterocycles. The molecule has 0 radical (unpaired) electrons. The lowest BCUT2D eigenvalue weighted by molar-refractivity contribution is 0.110. The number of likely N-dealkylation sites (tertiary alicyclic amines) is 1. The van der Waals surface area contributed by atoms with E-state index in [1.807, 2.05) is 0 Å². The second-order valence-corrected chi connectivity index (χ2v) is 6.29. The molecular formula is C16H24N2. The van der Waals surface area contributed by atoms with E-state index in [4.69, 9.17) is 0 Å². The van der Waals surface area contributed by atoms with E-state index in [9.17, 15) is 0 Å². The quantitative estimate of drug-likeness (QED) is 0.816. The summed E-state index contributed by atoms with van der Waals surface area (Å²) in [6.07, 6.45) is 3.92. The third-order valence-electron chi connectivity index (χ3n) is 4.67. The molecule has 0 spiro atoms. The van der Waals surface area contributed by atoms with Crippen LogP contribution in [0.2, 0.25) is 0 Å². The fourth-order valence-electron chi connectivity index (χ4n) is 3.67. The van der Waals surface area contributed by atoms with Crippen molar-refractivity contribution in [2.45, 2.75) is 51.2 Å². The molecule has 1 atom stereocenters. The van der Waals surface area contributed by atoms with Crippen molar-refractivity contribution in [3.63, 3.8) is 0 Å². The van der Waals surface area contributed by atoms with E-state index >= 15 is 0 Å². The molecule has 0 amide bonds. The van der Waals surface area contributed by atoms with Crippen LogP contribution in [0.1, 0.15) is 50.3 Å². The Balaban J connectivity index is 1.97. The molecule has 0 saturated carbocycles. The van der Waals surface area contributed by atoms with Gasteiger partial charge in [0.2, 0.25) is 0 Å². The summed E-state index contributed by atoms with van der Waals surface area (Å²) < 4.78 is 0. The van der Waals surface area contributed by atoms with Gasteiger partial charge in [0.05, 0.1) is 0 Å². The highest BCUT2D eigenvalue weighted by atomic mass is 15.2. The Morgan fingerprint density at radius 1 is 1.28 bits per heavy atom. The lowest BCUT2D eigenvalue weighted by atomic mass is 9.93. The largest absolute Gasteiger partial charge is 0.313 e. The van der Waals surface area contributed by atoms with Crippen LogP contribution in [-0.4, -0.2) is 23.5 Å². The highest BCUT2D eigenvalue weighted by Gasteiger charge is 2.38. The van der Waals surface area contributed by atoms with Crippen molar-refractivity contribution >= 4 is 0 Å². The smallest absolute Gasteiger partial charge is 0.0368 e. The monoisotopic (exact) mass is 244 g/mol. The first-order chi connectivity index (χ1) is 8.68. The van der Waals surface area contributed by atoms with Crippen molar-refractivity contribution in [1.29, 1.82) is 0 Å². The summed E-state index contributed by atoms with van der Waals surface area (Å²) in [6.45, 7) is 8.22. The van der Waals surface area contributed by atoms with Gasteiger partial charge in [0.15, 0.2) is 0 Å². The van der Waals surface area contributed by atoms with E-state index in [0.29, 0.717) is 11.6 Å². The van der Waals surface area contributed by atoms with Crippen molar-refractivity contribution in [3.05, 3.63) is 35.4 Å². The van der Waals surface area contributed by atoms with Crippen molar-refractivity contribution < 1.29 is 0 Å². The van der Waals surface area contributed by atoms with E-state index < -0.39 is 0 Å². The van der Waals surface area contributed by atoms with Crippen LogP contribution in [0.25, 0.3) is 0 Å². The lowest BCUT2D eigenvalue weighted by Crippen LogP contribution is -2.41. The van der Waals surface area contributed by atoms with Gasteiger partial charge in [-0.1, -0.05) is 24.3 Å². The van der Waals surface area contributed by atoms with Gasteiger partial charge in [-0.25, -0.2) is 0 Å². The van der Waals surface area contributed by atoms with E-state index in [1.54, 1.807) is 5.56 Å². The Hall–Kier alpha value is -0.860. The van der Waals surface area contributed by atoms with Crippen LogP contribution in [0.15, 0.2) is 24.3 Å². The zero-order valence-electron chi connectivity index (χ0n) is 11.6. The summed E-state index contributed by atoms with van der Waals surface area (Å²) in [7, 11) is 0. The third kappa shape index (κ3) is 2.08. The summed E-state index contributed by atoms with van der Waals surface area (Å²) in [5.41, 5.74) is 3.41. The Morgan fingerprint density at radius 2 is 2.11 bits per heavy atom. The minimum atomic E-state index is 0.363. The molecule has 1 N–H and O–H groups in total. The van der Waals surface area contributed by atoms with E-state index in [-0.39, 0.29) is 0 Å². The molecule has 1 fully saturated rings. The van der Waals surface area contributed by atoms with Gasteiger partial charge in [0.1, 0.15) is 0 Å². The second kappa shape index (κ2) is 4.67. The van der Waals surface area contributed by atoms with Crippen LogP contribution in [0.3, 0.4) is 0 Å². The number of hydrogen-bond donors (Lipinski definition) is 1. The summed E-state index contributed by atoms with van der Waals surface area (Å²) in [6, 6.07) is 9.58. The van der Waals surface area contributed by atoms with Crippen LogP contribution >= 0.6 is 0 Å². The van der Waals surface area contributed by atoms with Crippen LogP contribution in [-0.2, 0) is 6.54 Å². The van der Waals surface area contributed by atoms with Gasteiger partial charge in [-0.2, -0.15) is 0 Å². The fourth-order valence-corrected chi connectivity index (χ4v) is 3.67. The number of nitrogens with one attached hydrogen (secondary N) is 1. The number of nitrogens with zero attached hydrogens (tertiary/aromatic N) is 1. The van der Waals surface area contributed by atoms with Crippen LogP contribution in [0.4, 0.5) is 0 Å². The van der Waals surface area contributed by atoms with Crippen LogP contribution in [0.5, 0.6) is 0 Å². The summed E-state index contributed by atoms with van der Waals surface area (Å²) in [5.74, 6) is 0. The fraction of sp³-hybridized carbons (Fsp3) is 0.625. The molecule has 0 aromatic heterocycles. The number of benzene rings is 1. The second-order valence-electron chi connectivity index (χ2n) is 6.29. The predicted molar refractivity (Wildman–Crippen MR) is 75.5 cm³/mol. The van der Waals surface area contributed by atoms with E-state index in [2.05, 4.69) is 48.3 Å². The van der Waals surface area contributed by atoms with Gasteiger partial charge in [-0.15, -0.1) is 0 Å². The van der Waals surface area contributed by atoms with Crippen molar-refractivity contribution in [2.75, 3.05) is 13.1 Å². The molecule has 1 unspecified atom stereocenters. The Kier molecular flexibility index (Phi) is 3.16. The maximum atomic E-state index is 3.56. The van der Waals surface area contributed by atoms with Gasteiger partial charge < -0.3 is 5.32 Å². The molecule has 1 aromatic carbocycles.